The number of nitrogen functional groups attached to an aromatic ring is 1. The molecule has 0 spiro atoms. The van der Waals surface area contributed by atoms with Gasteiger partial charge in [-0.2, -0.15) is 15.4 Å². The highest BCUT2D eigenvalue weighted by Gasteiger charge is 2.65. The van der Waals surface area contributed by atoms with Crippen LogP contribution in [0.4, 0.5) is 5.82 Å². The van der Waals surface area contributed by atoms with Crippen molar-refractivity contribution in [3.8, 4) is 11.8 Å². The maximum absolute atomic E-state index is 14.0. The first-order valence-corrected chi connectivity index (χ1v) is 16.5. The molecule has 4 rings (SSSR count). The van der Waals surface area contributed by atoms with Gasteiger partial charge >= 0.3 is 13.7 Å². The summed E-state index contributed by atoms with van der Waals surface area (Å²) in [5.74, 6) is -0.438. The van der Waals surface area contributed by atoms with Gasteiger partial charge in [0.25, 0.3) is 0 Å². The number of ether oxygens (including phenoxy) is 2. The van der Waals surface area contributed by atoms with Gasteiger partial charge in [-0.05, 0) is 56.7 Å². The summed E-state index contributed by atoms with van der Waals surface area (Å²) in [5, 5.41) is 40.1. The van der Waals surface area contributed by atoms with E-state index in [2.05, 4.69) is 22.1 Å². The minimum atomic E-state index is -4.39. The summed E-state index contributed by atoms with van der Waals surface area (Å²) in [7, 11) is -4.39. The van der Waals surface area contributed by atoms with Crippen molar-refractivity contribution in [1.82, 2.24) is 19.7 Å². The lowest BCUT2D eigenvalue weighted by molar-refractivity contribution is -0.145. The zero-order valence-electron chi connectivity index (χ0n) is 25.3. The molecule has 6 atom stereocenters. The van der Waals surface area contributed by atoms with E-state index in [1.807, 2.05) is 6.07 Å². The van der Waals surface area contributed by atoms with Crippen LogP contribution in [0.3, 0.4) is 0 Å². The molecule has 1 fully saturated rings. The summed E-state index contributed by atoms with van der Waals surface area (Å²) in [6.45, 7) is 4.36. The van der Waals surface area contributed by atoms with Crippen molar-refractivity contribution in [2.75, 3.05) is 18.9 Å². The van der Waals surface area contributed by atoms with E-state index in [-0.39, 0.29) is 23.9 Å². The van der Waals surface area contributed by atoms with Crippen molar-refractivity contribution in [2.45, 2.75) is 82.3 Å². The number of nitrogens with zero attached hydrogens (tertiary/aromatic N) is 4. The molecule has 0 bridgehead atoms. The molecule has 1 saturated heterocycles. The lowest BCUT2D eigenvalue weighted by atomic mass is 9.80. The number of carbonyl (C=O) groups excluding carboxylic acids is 1. The van der Waals surface area contributed by atoms with Gasteiger partial charge < -0.3 is 29.9 Å². The van der Waals surface area contributed by atoms with Gasteiger partial charge in [-0.25, -0.2) is 14.1 Å². The van der Waals surface area contributed by atoms with Crippen LogP contribution in [-0.4, -0.2) is 67.8 Å². The second-order valence-electron chi connectivity index (χ2n) is 11.0. The van der Waals surface area contributed by atoms with Gasteiger partial charge in [-0.1, -0.05) is 44.2 Å². The zero-order chi connectivity index (χ0) is 32.8. The third kappa shape index (κ3) is 7.42. The molecule has 244 valence electrons. The standard InChI is InChI=1S/C29H38ClN6O8P/c1-4-5-6-7-8-15-41-27(38)19(2)35-45(40,44-21-11-9-20(30)10-12-21)42-16-23-25(37)28(3,39)29(17-31,43-23)24-14-13-22-26(32)33-18-34-36(22)24/h9-14,18-19,23,25,37,39H,4-8,15-16H2,1-3H3,(H,35,40)(H2,32,33,34)/t19-,23+,25+,28+,29-,45?/m0/s1. The Hall–Kier alpha value is -3.28. The molecule has 1 aliphatic rings. The van der Waals surface area contributed by atoms with Crippen molar-refractivity contribution in [3.05, 3.63) is 53.4 Å². The van der Waals surface area contributed by atoms with E-state index in [9.17, 15) is 24.8 Å². The molecule has 2 aromatic heterocycles. The Morgan fingerprint density at radius 3 is 2.67 bits per heavy atom. The van der Waals surface area contributed by atoms with Crippen molar-refractivity contribution in [2.24, 2.45) is 0 Å². The van der Waals surface area contributed by atoms with E-state index in [1.165, 1.54) is 55.0 Å². The first-order chi connectivity index (χ1) is 21.4. The number of nitrogens with two attached hydrogens (primary N) is 1. The molecule has 1 aromatic carbocycles. The molecule has 0 saturated carbocycles. The van der Waals surface area contributed by atoms with Crippen LogP contribution in [0.2, 0.25) is 5.02 Å². The van der Waals surface area contributed by atoms with Gasteiger partial charge in [0, 0.05) is 5.02 Å². The summed E-state index contributed by atoms with van der Waals surface area (Å²) in [4.78, 5) is 16.6. The summed E-state index contributed by atoms with van der Waals surface area (Å²) in [5.41, 5.74) is 2.00. The van der Waals surface area contributed by atoms with Crippen LogP contribution < -0.4 is 15.3 Å². The number of aliphatic hydroxyl groups is 2. The number of carbonyl (C=O) groups is 1. The number of unbranched alkanes of at least 4 members (excludes halogenated alkanes) is 4. The number of anilines is 1. The fourth-order valence-corrected chi connectivity index (χ4v) is 6.66. The number of fused-ring (bicyclic) bond motifs is 1. The SMILES string of the molecule is CCCCCCCOC(=O)[C@H](C)NP(=O)(OC[C@H]1O[C@@](C#N)(c2ccc3c(N)ncnn23)[C@](C)(O)[C@@H]1O)Oc1ccc(Cl)cc1. The molecule has 5 N–H and O–H groups in total. The minimum Gasteiger partial charge on any atom is -0.465 e. The first-order valence-electron chi connectivity index (χ1n) is 14.6. The maximum atomic E-state index is 14.0. The number of aliphatic hydroxyl groups excluding tert-OH is 1. The number of hydrogen-bond donors (Lipinski definition) is 4. The molecule has 3 heterocycles. The third-order valence-corrected chi connectivity index (χ3v) is 9.51. The van der Waals surface area contributed by atoms with Crippen LogP contribution in [0.5, 0.6) is 5.75 Å². The highest BCUT2D eigenvalue weighted by molar-refractivity contribution is 7.52. The molecule has 45 heavy (non-hydrogen) atoms. The molecular formula is C29H38ClN6O8P. The predicted octanol–water partition coefficient (Wildman–Crippen LogP) is 3.89. The van der Waals surface area contributed by atoms with Crippen LogP contribution in [0.25, 0.3) is 5.52 Å². The number of aromatic nitrogens is 3. The predicted molar refractivity (Wildman–Crippen MR) is 164 cm³/mol. The van der Waals surface area contributed by atoms with Crippen LogP contribution in [0.1, 0.15) is 58.6 Å². The second-order valence-corrected chi connectivity index (χ2v) is 13.1. The lowest BCUT2D eigenvalue weighted by Crippen LogP contribution is -2.52. The van der Waals surface area contributed by atoms with Crippen molar-refractivity contribution in [3.63, 3.8) is 0 Å². The van der Waals surface area contributed by atoms with Crippen LogP contribution >= 0.6 is 19.3 Å². The third-order valence-electron chi connectivity index (χ3n) is 7.61. The molecule has 3 aromatic rings. The highest BCUT2D eigenvalue weighted by Crippen LogP contribution is 2.50. The number of nitrogens with one attached hydrogen (secondary N) is 1. The Morgan fingerprint density at radius 1 is 1.27 bits per heavy atom. The number of halogens is 1. The molecule has 1 unspecified atom stereocenters. The largest absolute Gasteiger partial charge is 0.465 e. The quantitative estimate of drug-likeness (QED) is 0.104. The average Bonchev–Trinajstić information content (AvgIpc) is 3.53. The number of nitriles is 1. The van der Waals surface area contributed by atoms with Gasteiger partial charge in [0.2, 0.25) is 5.60 Å². The van der Waals surface area contributed by atoms with Crippen LogP contribution in [-0.2, 0) is 29.0 Å². The Bertz CT molecular complexity index is 1560. The van der Waals surface area contributed by atoms with Crippen molar-refractivity contribution in [1.29, 1.82) is 5.26 Å². The Morgan fingerprint density at radius 2 is 1.98 bits per heavy atom. The van der Waals surface area contributed by atoms with E-state index >= 15 is 0 Å². The molecule has 16 heteroatoms. The molecule has 1 aliphatic heterocycles. The highest BCUT2D eigenvalue weighted by atomic mass is 35.5. The fourth-order valence-electron chi connectivity index (χ4n) is 5.03. The summed E-state index contributed by atoms with van der Waals surface area (Å²) < 4.78 is 38.0. The molecular weight excluding hydrogens is 627 g/mol. The fraction of sp³-hybridized carbons (Fsp3) is 0.517. The van der Waals surface area contributed by atoms with E-state index in [1.54, 1.807) is 6.07 Å². The van der Waals surface area contributed by atoms with Crippen molar-refractivity contribution >= 4 is 36.7 Å². The molecule has 0 radical (unpaired) electrons. The van der Waals surface area contributed by atoms with E-state index in [0.717, 1.165) is 25.7 Å². The number of benzene rings is 1. The molecule has 0 amide bonds. The normalized spacial score (nSPS) is 25.0. The van der Waals surface area contributed by atoms with E-state index in [4.69, 9.17) is 35.9 Å². The average molecular weight is 665 g/mol. The first kappa shape index (κ1) is 34.6. The molecule has 14 nitrogen and oxygen atoms in total. The van der Waals surface area contributed by atoms with Gasteiger partial charge in [-0.15, -0.1) is 0 Å². The monoisotopic (exact) mass is 664 g/mol. The smallest absolute Gasteiger partial charge is 0.459 e. The number of rotatable bonds is 15. The minimum absolute atomic E-state index is 0.0745. The van der Waals surface area contributed by atoms with Gasteiger partial charge in [-0.3, -0.25) is 9.32 Å². The second kappa shape index (κ2) is 14.4. The number of hydrogen-bond acceptors (Lipinski definition) is 12. The van der Waals surface area contributed by atoms with E-state index in [0.29, 0.717) is 17.0 Å². The number of esters is 1. The van der Waals surface area contributed by atoms with Gasteiger partial charge in [0.05, 0.1) is 18.9 Å². The summed E-state index contributed by atoms with van der Waals surface area (Å²) >= 11 is 5.97. The maximum Gasteiger partial charge on any atom is 0.459 e. The summed E-state index contributed by atoms with van der Waals surface area (Å²) in [6, 6.07) is 9.80. The Balaban J connectivity index is 1.53. The zero-order valence-corrected chi connectivity index (χ0v) is 26.9. The Labute approximate surface area is 266 Å². The summed E-state index contributed by atoms with van der Waals surface area (Å²) in [6.07, 6.45) is 2.92. The topological polar surface area (TPSA) is 204 Å². The van der Waals surface area contributed by atoms with Crippen LogP contribution in [0.15, 0.2) is 42.7 Å². The molecule has 0 aliphatic carbocycles. The van der Waals surface area contributed by atoms with Gasteiger partial charge in [0.1, 0.15) is 47.5 Å². The Kier molecular flexibility index (Phi) is 11.1. The van der Waals surface area contributed by atoms with Gasteiger partial charge in [0.15, 0.2) is 5.82 Å². The van der Waals surface area contributed by atoms with Crippen molar-refractivity contribution < 1.29 is 38.1 Å². The van der Waals surface area contributed by atoms with Crippen LogP contribution in [0, 0.1) is 11.3 Å². The van der Waals surface area contributed by atoms with E-state index < -0.39 is 49.8 Å². The lowest BCUT2D eigenvalue weighted by Gasteiger charge is -2.33.